The van der Waals surface area contributed by atoms with Crippen LogP contribution in [-0.2, 0) is 19.5 Å². The van der Waals surface area contributed by atoms with Crippen LogP contribution in [0.25, 0.3) is 0 Å². The molecule has 4 aliphatic carbocycles. The standard InChI is InChI=1S/2C7H7.Rh/c2*1-2-7-4-3-6(1)5-7;/h2*1-3,6-7H,5H2;/q2*-1;+2. The normalized spacial score (nSPS) is 40.5. The van der Waals surface area contributed by atoms with Crippen LogP contribution in [0.15, 0.2) is 36.5 Å². The van der Waals surface area contributed by atoms with Gasteiger partial charge in [-0.25, -0.2) is 0 Å². The van der Waals surface area contributed by atoms with Gasteiger partial charge >= 0.3 is 19.5 Å². The number of hydrogen-bond donors (Lipinski definition) is 0. The summed E-state index contributed by atoms with van der Waals surface area (Å²) in [6, 6.07) is 0. The van der Waals surface area contributed by atoms with Crippen molar-refractivity contribution in [3.05, 3.63) is 48.6 Å². The summed E-state index contributed by atoms with van der Waals surface area (Å²) < 4.78 is 0. The summed E-state index contributed by atoms with van der Waals surface area (Å²) in [4.78, 5) is 0. The Morgan fingerprint density at radius 2 is 1.20 bits per heavy atom. The van der Waals surface area contributed by atoms with Crippen LogP contribution in [-0.4, -0.2) is 0 Å². The summed E-state index contributed by atoms with van der Waals surface area (Å²) in [7, 11) is 0. The van der Waals surface area contributed by atoms with Gasteiger partial charge in [-0.2, -0.15) is 11.8 Å². The van der Waals surface area contributed by atoms with Gasteiger partial charge < -0.3 is 12.2 Å². The zero-order chi connectivity index (χ0) is 9.38. The number of rotatable bonds is 0. The van der Waals surface area contributed by atoms with E-state index in [0.29, 0.717) is 11.8 Å². The van der Waals surface area contributed by atoms with Gasteiger partial charge in [0.2, 0.25) is 0 Å². The Morgan fingerprint density at radius 3 is 1.27 bits per heavy atom. The SMILES string of the molecule is [C-]1=CC2C=CC1C2.[C-]1=CC2C=CC1C2.[Rh+2]. The third-order valence-electron chi connectivity index (χ3n) is 3.28. The molecule has 4 atom stereocenters. The molecule has 0 amide bonds. The van der Waals surface area contributed by atoms with Gasteiger partial charge in [0.25, 0.3) is 0 Å². The van der Waals surface area contributed by atoms with Crippen molar-refractivity contribution in [2.75, 3.05) is 0 Å². The Balaban J connectivity index is 0.000000107. The van der Waals surface area contributed by atoms with Crippen molar-refractivity contribution in [3.8, 4) is 0 Å². The number of fused-ring (bicyclic) bond motifs is 4. The van der Waals surface area contributed by atoms with Gasteiger partial charge in [-0.3, -0.25) is 12.2 Å². The molecule has 0 heterocycles. The van der Waals surface area contributed by atoms with E-state index in [4.69, 9.17) is 0 Å². The van der Waals surface area contributed by atoms with E-state index in [2.05, 4.69) is 48.6 Å². The Labute approximate surface area is 105 Å². The first-order chi connectivity index (χ1) is 6.90. The van der Waals surface area contributed by atoms with Gasteiger partial charge in [0.1, 0.15) is 0 Å². The minimum atomic E-state index is 0. The molecule has 1 radical (unpaired) electrons. The molecule has 4 rings (SSSR count). The molecule has 79 valence electrons. The Bertz CT molecular complexity index is 245. The maximum Gasteiger partial charge on any atom is 2.00 e. The van der Waals surface area contributed by atoms with Gasteiger partial charge in [-0.15, -0.1) is 12.2 Å². The maximum atomic E-state index is 3.24. The molecule has 0 N–H and O–H groups in total. The minimum absolute atomic E-state index is 0. The van der Waals surface area contributed by atoms with Gasteiger partial charge in [0, 0.05) is 0 Å². The van der Waals surface area contributed by atoms with Crippen LogP contribution in [0.4, 0.5) is 0 Å². The Hall–Kier alpha value is -0.417. The fourth-order valence-electron chi connectivity index (χ4n) is 2.44. The van der Waals surface area contributed by atoms with E-state index in [1.807, 2.05) is 0 Å². The van der Waals surface area contributed by atoms with Crippen LogP contribution >= 0.6 is 0 Å². The van der Waals surface area contributed by atoms with Crippen molar-refractivity contribution in [1.82, 2.24) is 0 Å². The van der Waals surface area contributed by atoms with Crippen LogP contribution in [0.2, 0.25) is 0 Å². The average molecular weight is 285 g/mol. The first kappa shape index (κ1) is 11.1. The summed E-state index contributed by atoms with van der Waals surface area (Å²) in [5, 5.41) is 0. The molecule has 0 aromatic carbocycles. The van der Waals surface area contributed by atoms with Crippen LogP contribution in [0.1, 0.15) is 12.8 Å². The molecule has 0 saturated heterocycles. The monoisotopic (exact) mass is 285 g/mol. The average Bonchev–Trinajstić information content (AvgIpc) is 3.01. The summed E-state index contributed by atoms with van der Waals surface area (Å²) in [6.45, 7) is 0. The van der Waals surface area contributed by atoms with E-state index in [0.717, 1.165) is 11.8 Å². The van der Waals surface area contributed by atoms with Crippen molar-refractivity contribution in [1.29, 1.82) is 0 Å². The molecular formula is C14H14Rh. The molecule has 0 aromatic rings. The second-order valence-corrected chi connectivity index (χ2v) is 4.45. The van der Waals surface area contributed by atoms with E-state index in [-0.39, 0.29) is 19.5 Å². The molecular weight excluding hydrogens is 271 g/mol. The first-order valence-electron chi connectivity index (χ1n) is 5.45. The van der Waals surface area contributed by atoms with Crippen molar-refractivity contribution >= 4 is 0 Å². The maximum absolute atomic E-state index is 3.24. The van der Waals surface area contributed by atoms with E-state index >= 15 is 0 Å². The van der Waals surface area contributed by atoms with Gasteiger partial charge in [-0.1, -0.05) is 25.0 Å². The second kappa shape index (κ2) is 4.62. The molecule has 0 fully saturated rings. The Kier molecular flexibility index (Phi) is 3.41. The van der Waals surface area contributed by atoms with Gasteiger partial charge in [0.15, 0.2) is 0 Å². The molecule has 15 heavy (non-hydrogen) atoms. The fraction of sp³-hybridized carbons (Fsp3) is 0.429. The second-order valence-electron chi connectivity index (χ2n) is 4.45. The molecule has 0 saturated carbocycles. The molecule has 0 aromatic heterocycles. The Morgan fingerprint density at radius 1 is 0.733 bits per heavy atom. The zero-order valence-electron chi connectivity index (χ0n) is 8.52. The van der Waals surface area contributed by atoms with Crippen molar-refractivity contribution in [2.24, 2.45) is 23.7 Å². The molecule has 1 heteroatoms. The summed E-state index contributed by atoms with van der Waals surface area (Å²) in [6.07, 6.45) is 22.5. The number of hydrogen-bond acceptors (Lipinski definition) is 0. The summed E-state index contributed by atoms with van der Waals surface area (Å²) in [5.74, 6) is 2.88. The van der Waals surface area contributed by atoms with Crippen LogP contribution in [0.5, 0.6) is 0 Å². The third kappa shape index (κ3) is 2.40. The molecule has 4 unspecified atom stereocenters. The molecule has 4 aliphatic rings. The van der Waals surface area contributed by atoms with Crippen LogP contribution in [0.3, 0.4) is 0 Å². The summed E-state index contributed by atoms with van der Waals surface area (Å²) in [5.41, 5.74) is 0. The van der Waals surface area contributed by atoms with Crippen molar-refractivity contribution in [3.63, 3.8) is 0 Å². The van der Waals surface area contributed by atoms with E-state index in [1.165, 1.54) is 12.8 Å². The first-order valence-corrected chi connectivity index (χ1v) is 5.45. The van der Waals surface area contributed by atoms with Gasteiger partial charge in [0.05, 0.1) is 0 Å². The van der Waals surface area contributed by atoms with Crippen molar-refractivity contribution < 1.29 is 19.5 Å². The van der Waals surface area contributed by atoms with Crippen molar-refractivity contribution in [2.45, 2.75) is 12.8 Å². The largest absolute Gasteiger partial charge is 2.00 e. The molecule has 4 bridgehead atoms. The van der Waals surface area contributed by atoms with E-state index in [9.17, 15) is 0 Å². The fourth-order valence-corrected chi connectivity index (χ4v) is 2.44. The van der Waals surface area contributed by atoms with E-state index < -0.39 is 0 Å². The van der Waals surface area contributed by atoms with Crippen LogP contribution < -0.4 is 0 Å². The predicted octanol–water partition coefficient (Wildman–Crippen LogP) is 3.10. The van der Waals surface area contributed by atoms with E-state index in [1.54, 1.807) is 0 Å². The summed E-state index contributed by atoms with van der Waals surface area (Å²) >= 11 is 0. The third-order valence-corrected chi connectivity index (χ3v) is 3.28. The zero-order valence-corrected chi connectivity index (χ0v) is 10.2. The number of allylic oxidation sites excluding steroid dienone is 8. The predicted molar refractivity (Wildman–Crippen MR) is 57.1 cm³/mol. The molecule has 0 spiro atoms. The minimum Gasteiger partial charge on any atom is -0.493 e. The molecule has 0 aliphatic heterocycles. The quantitative estimate of drug-likeness (QED) is 0.364. The smallest absolute Gasteiger partial charge is 0.493 e. The van der Waals surface area contributed by atoms with Crippen LogP contribution in [0, 0.1) is 35.8 Å². The van der Waals surface area contributed by atoms with Gasteiger partial charge in [-0.05, 0) is 11.8 Å². The topological polar surface area (TPSA) is 0 Å². The molecule has 0 nitrogen and oxygen atoms in total.